The van der Waals surface area contributed by atoms with Gasteiger partial charge in [0.1, 0.15) is 16.2 Å². The Labute approximate surface area is 196 Å². The Morgan fingerprint density at radius 3 is 2.82 bits per heavy atom. The Balaban J connectivity index is 1.19. The van der Waals surface area contributed by atoms with Crippen molar-refractivity contribution in [3.8, 4) is 0 Å². The minimum atomic E-state index is -0.616. The van der Waals surface area contributed by atoms with Crippen molar-refractivity contribution in [1.82, 2.24) is 15.3 Å². The molecule has 172 valence electrons. The number of benzene rings is 1. The van der Waals surface area contributed by atoms with Gasteiger partial charge in [0.2, 0.25) is 5.82 Å². The quantitative estimate of drug-likeness (QED) is 0.376. The third kappa shape index (κ3) is 3.17. The van der Waals surface area contributed by atoms with Gasteiger partial charge in [-0.1, -0.05) is 18.2 Å². The van der Waals surface area contributed by atoms with E-state index in [4.69, 9.17) is 5.73 Å². The van der Waals surface area contributed by atoms with Gasteiger partial charge in [-0.2, -0.15) is 0 Å². The summed E-state index contributed by atoms with van der Waals surface area (Å²) < 4.78 is 0. The number of amides is 1. The maximum absolute atomic E-state index is 12.7. The number of rotatable bonds is 4. The molecule has 0 unspecified atom stereocenters. The van der Waals surface area contributed by atoms with Crippen LogP contribution in [0.3, 0.4) is 0 Å². The van der Waals surface area contributed by atoms with E-state index in [1.54, 1.807) is 0 Å². The van der Waals surface area contributed by atoms with Crippen LogP contribution in [0, 0.1) is 0 Å². The Morgan fingerprint density at radius 1 is 1.15 bits per heavy atom. The maximum atomic E-state index is 12.7. The lowest BCUT2D eigenvalue weighted by molar-refractivity contribution is 0.0940. The third-order valence-electron chi connectivity index (χ3n) is 6.76. The average Bonchev–Trinajstić information content (AvgIpc) is 3.43. The van der Waals surface area contributed by atoms with E-state index in [9.17, 15) is 19.2 Å². The number of anilines is 2. The van der Waals surface area contributed by atoms with Gasteiger partial charge in [0.05, 0.1) is 5.39 Å². The Hall–Kier alpha value is -3.79. The molecule has 4 N–H and O–H groups in total. The molecule has 3 heterocycles. The number of thiophene rings is 1. The number of aryl methyl sites for hydroxylation is 2. The average molecular weight is 476 g/mol. The number of aromatic amines is 1. The van der Waals surface area contributed by atoms with E-state index in [-0.39, 0.29) is 23.6 Å². The van der Waals surface area contributed by atoms with Gasteiger partial charge < -0.3 is 20.9 Å². The minimum Gasteiger partial charge on any atom is -0.394 e. The van der Waals surface area contributed by atoms with Crippen LogP contribution in [0.1, 0.15) is 44.2 Å². The van der Waals surface area contributed by atoms with Crippen molar-refractivity contribution in [1.29, 1.82) is 0 Å². The van der Waals surface area contributed by atoms with Crippen molar-refractivity contribution in [3.05, 3.63) is 82.0 Å². The SMILES string of the molecule is Nc1c(N2CCc3ccc(CNC(=O)c4nc5sc6c(c5c(=O)[nH]4)CCC6)cc3C2)c(=O)c1=O. The molecular weight excluding hydrogens is 454 g/mol. The molecule has 0 atom stereocenters. The van der Waals surface area contributed by atoms with Crippen molar-refractivity contribution in [2.75, 3.05) is 17.2 Å². The molecule has 0 fully saturated rings. The van der Waals surface area contributed by atoms with E-state index in [0.29, 0.717) is 29.0 Å². The first-order chi connectivity index (χ1) is 16.4. The fourth-order valence-electron chi connectivity index (χ4n) is 5.00. The molecule has 2 aliphatic rings. The van der Waals surface area contributed by atoms with E-state index in [0.717, 1.165) is 47.9 Å². The molecule has 6 rings (SSSR count). The molecule has 0 spiro atoms. The Morgan fingerprint density at radius 2 is 2.00 bits per heavy atom. The van der Waals surface area contributed by atoms with Gasteiger partial charge in [-0.3, -0.25) is 19.2 Å². The highest BCUT2D eigenvalue weighted by Crippen LogP contribution is 2.34. The molecule has 2 aromatic heterocycles. The van der Waals surface area contributed by atoms with Crippen LogP contribution in [-0.2, 0) is 32.4 Å². The third-order valence-corrected chi connectivity index (χ3v) is 7.95. The zero-order chi connectivity index (χ0) is 23.6. The molecule has 1 aliphatic carbocycles. The Kier molecular flexibility index (Phi) is 4.66. The summed E-state index contributed by atoms with van der Waals surface area (Å²) >= 11 is 1.50. The van der Waals surface area contributed by atoms with Crippen LogP contribution in [0.4, 0.5) is 11.4 Å². The van der Waals surface area contributed by atoms with Crippen molar-refractivity contribution in [2.45, 2.75) is 38.8 Å². The number of fused-ring (bicyclic) bond motifs is 4. The molecular formula is C24H21N5O4S. The lowest BCUT2D eigenvalue weighted by Gasteiger charge is -2.32. The van der Waals surface area contributed by atoms with Crippen LogP contribution < -0.4 is 32.4 Å². The number of carbonyl (C=O) groups is 1. The predicted octanol–water partition coefficient (Wildman–Crippen LogP) is 1.14. The van der Waals surface area contributed by atoms with E-state index in [1.807, 2.05) is 23.1 Å². The van der Waals surface area contributed by atoms with E-state index in [1.165, 1.54) is 16.2 Å². The normalized spacial score (nSPS) is 15.0. The number of hydrogen-bond acceptors (Lipinski definition) is 8. The molecule has 0 radical (unpaired) electrons. The molecule has 1 aliphatic heterocycles. The molecule has 10 heteroatoms. The van der Waals surface area contributed by atoms with Gasteiger partial charge in [0, 0.05) is 24.5 Å². The smallest absolute Gasteiger partial charge is 0.287 e. The minimum absolute atomic E-state index is 0.0112. The van der Waals surface area contributed by atoms with Crippen molar-refractivity contribution < 1.29 is 4.79 Å². The zero-order valence-electron chi connectivity index (χ0n) is 18.2. The van der Waals surface area contributed by atoms with Crippen LogP contribution in [0.15, 0.2) is 32.6 Å². The van der Waals surface area contributed by atoms with Crippen LogP contribution in [0.5, 0.6) is 0 Å². The van der Waals surface area contributed by atoms with Gasteiger partial charge in [0.15, 0.2) is 0 Å². The first-order valence-electron chi connectivity index (χ1n) is 11.2. The summed E-state index contributed by atoms with van der Waals surface area (Å²) in [5, 5.41) is 3.45. The molecule has 1 amide bonds. The second kappa shape index (κ2) is 7.63. The molecule has 2 aromatic carbocycles. The summed E-state index contributed by atoms with van der Waals surface area (Å²) in [4.78, 5) is 59.4. The summed E-state index contributed by atoms with van der Waals surface area (Å²) in [5.41, 5.74) is 8.80. The molecule has 0 saturated heterocycles. The van der Waals surface area contributed by atoms with Gasteiger partial charge in [-0.25, -0.2) is 4.98 Å². The van der Waals surface area contributed by atoms with E-state index >= 15 is 0 Å². The summed E-state index contributed by atoms with van der Waals surface area (Å²) in [6, 6.07) is 5.94. The predicted molar refractivity (Wildman–Crippen MR) is 130 cm³/mol. The number of hydrogen-bond donors (Lipinski definition) is 3. The van der Waals surface area contributed by atoms with Gasteiger partial charge in [-0.15, -0.1) is 11.3 Å². The summed E-state index contributed by atoms with van der Waals surface area (Å²) in [5.74, 6) is -0.430. The lowest BCUT2D eigenvalue weighted by atomic mass is 9.96. The Bertz CT molecular complexity index is 1630. The fraction of sp³-hybridized carbons (Fsp3) is 0.292. The second-order valence-electron chi connectivity index (χ2n) is 8.83. The molecule has 0 saturated carbocycles. The number of aromatic nitrogens is 2. The summed E-state index contributed by atoms with van der Waals surface area (Å²) in [6.45, 7) is 1.35. The van der Waals surface area contributed by atoms with Gasteiger partial charge >= 0.3 is 0 Å². The van der Waals surface area contributed by atoms with Crippen LogP contribution in [0.25, 0.3) is 10.2 Å². The molecule has 0 bridgehead atoms. The van der Waals surface area contributed by atoms with Crippen LogP contribution >= 0.6 is 11.3 Å². The monoisotopic (exact) mass is 475 g/mol. The highest BCUT2D eigenvalue weighted by Gasteiger charge is 2.27. The van der Waals surface area contributed by atoms with E-state index in [2.05, 4.69) is 15.3 Å². The number of nitrogen functional groups attached to an aromatic ring is 1. The molecule has 9 nitrogen and oxygen atoms in total. The van der Waals surface area contributed by atoms with Crippen molar-refractivity contribution in [3.63, 3.8) is 0 Å². The maximum Gasteiger partial charge on any atom is 0.287 e. The van der Waals surface area contributed by atoms with Crippen LogP contribution in [0.2, 0.25) is 0 Å². The summed E-state index contributed by atoms with van der Waals surface area (Å²) in [6.07, 6.45) is 3.63. The standard InChI is InChI=1S/C24H21N5O4S/c25-17-18(20(31)19(17)30)29-7-6-12-5-4-11(8-13(12)10-29)9-26-23(33)21-27-22(32)16-14-2-1-3-15(14)34-24(16)28-21/h4-5,8H,1-3,6-7,9-10,25H2,(H,26,33)(H,27,28,32). The zero-order valence-corrected chi connectivity index (χ0v) is 19.0. The number of nitrogens with one attached hydrogen (secondary N) is 2. The fourth-order valence-corrected chi connectivity index (χ4v) is 6.26. The molecule has 4 aromatic rings. The molecule has 34 heavy (non-hydrogen) atoms. The second-order valence-corrected chi connectivity index (χ2v) is 9.91. The summed E-state index contributed by atoms with van der Waals surface area (Å²) in [7, 11) is 0. The lowest BCUT2D eigenvalue weighted by Crippen LogP contribution is -2.44. The largest absolute Gasteiger partial charge is 0.394 e. The number of nitrogens with two attached hydrogens (primary N) is 1. The van der Waals surface area contributed by atoms with Gasteiger partial charge in [0.25, 0.3) is 22.3 Å². The topological polar surface area (TPSA) is 138 Å². The number of H-pyrrole nitrogens is 1. The van der Waals surface area contributed by atoms with Crippen molar-refractivity contribution in [2.24, 2.45) is 0 Å². The first kappa shape index (κ1) is 20.8. The number of carbonyl (C=O) groups excluding carboxylic acids is 1. The van der Waals surface area contributed by atoms with Crippen LogP contribution in [-0.4, -0.2) is 22.4 Å². The number of nitrogens with zero attached hydrogens (tertiary/aromatic N) is 2. The van der Waals surface area contributed by atoms with Crippen molar-refractivity contribution >= 4 is 38.8 Å². The highest BCUT2D eigenvalue weighted by atomic mass is 32.1. The highest BCUT2D eigenvalue weighted by molar-refractivity contribution is 7.18. The van der Waals surface area contributed by atoms with E-state index < -0.39 is 16.8 Å². The van der Waals surface area contributed by atoms with Gasteiger partial charge in [-0.05, 0) is 47.9 Å². The first-order valence-corrected chi connectivity index (χ1v) is 12.0.